The van der Waals surface area contributed by atoms with Gasteiger partial charge >= 0.3 is 0 Å². The molecule has 358 valence electrons. The lowest BCUT2D eigenvalue weighted by Gasteiger charge is -2.35. The maximum absolute atomic E-state index is 15.3. The lowest BCUT2D eigenvalue weighted by Crippen LogP contribution is -2.58. The highest BCUT2D eigenvalue weighted by Gasteiger charge is 2.44. The second-order valence-electron chi connectivity index (χ2n) is 17.9. The maximum atomic E-state index is 15.3. The Morgan fingerprint density at radius 2 is 1.67 bits per heavy atom. The molecule has 19 heteroatoms. The van der Waals surface area contributed by atoms with Gasteiger partial charge in [-0.2, -0.15) is 5.10 Å². The molecular weight excluding hydrogens is 904 g/mol. The summed E-state index contributed by atoms with van der Waals surface area (Å²) in [6, 6.07) is 20.0. The van der Waals surface area contributed by atoms with Crippen LogP contribution in [0.4, 0.5) is 4.39 Å². The SMILES string of the molecule is Cc1ncsc1-c1ccc(CNC(=O)[C@@H]2C[C@@H](O)CN2C(=O)[C@@H](NC(=O)COCCOCCNC(=O)c2ccc(-c3cnc4ncc(Cc5ccc6ncccc6c5)n4n3)cc2F)C(C)(C)C)cc1. The van der Waals surface area contributed by atoms with Crippen molar-refractivity contribution < 1.29 is 38.1 Å². The number of aryl methyl sites for hydroxylation is 1. The number of amides is 4. The number of ether oxygens (including phenoxy) is 2. The van der Waals surface area contributed by atoms with Crippen LogP contribution in [0.2, 0.25) is 0 Å². The first-order valence-corrected chi connectivity index (χ1v) is 23.4. The number of hydrogen-bond donors (Lipinski definition) is 4. The molecule has 69 heavy (non-hydrogen) atoms. The number of aromatic nitrogens is 6. The summed E-state index contributed by atoms with van der Waals surface area (Å²) in [6.45, 7) is 7.47. The van der Waals surface area contributed by atoms with Gasteiger partial charge in [0.2, 0.25) is 17.7 Å². The molecule has 17 nitrogen and oxygen atoms in total. The van der Waals surface area contributed by atoms with Crippen molar-refractivity contribution in [2.45, 2.75) is 65.3 Å². The number of carbonyl (C=O) groups excluding carboxylic acids is 4. The molecule has 0 unspecified atom stereocenters. The van der Waals surface area contributed by atoms with Gasteiger partial charge in [0.25, 0.3) is 11.7 Å². The zero-order chi connectivity index (χ0) is 48.7. The van der Waals surface area contributed by atoms with Gasteiger partial charge in [0, 0.05) is 49.6 Å². The van der Waals surface area contributed by atoms with Crippen LogP contribution in [0.15, 0.2) is 96.9 Å². The zero-order valence-corrected chi connectivity index (χ0v) is 39.5. The monoisotopic (exact) mass is 956 g/mol. The number of aliphatic hydroxyl groups is 1. The first kappa shape index (κ1) is 48.4. The van der Waals surface area contributed by atoms with Gasteiger partial charge in [0.1, 0.15) is 30.2 Å². The average Bonchev–Trinajstić information content (AvgIpc) is 4.08. The van der Waals surface area contributed by atoms with Crippen molar-refractivity contribution in [1.29, 1.82) is 0 Å². The molecule has 7 aromatic rings. The Morgan fingerprint density at radius 1 is 0.899 bits per heavy atom. The number of rotatable bonds is 18. The van der Waals surface area contributed by atoms with E-state index in [2.05, 4.69) is 47.1 Å². The number of carbonyl (C=O) groups is 4. The number of benzene rings is 3. The standard InChI is InChI=1S/C50H53FN10O7S/c1-30-44(69-29-57-30)33-10-7-31(8-11-33)24-54-47(65)42-23-37(62)27-60(42)48(66)45(50(2,3)4)58-43(63)28-68-19-18-67-17-16-53-46(64)38-13-12-35(22-39(38)51)41-26-56-49-55-25-36(61(49)59-41)21-32-9-14-40-34(20-32)6-5-15-52-40/h5-15,20,22,25-26,29,37,42,45,62H,16-19,21,23-24,27-28H2,1-4H3,(H,53,64)(H,54,65)(H,58,63)/t37-,42+,45-/m1/s1. The Kier molecular flexibility index (Phi) is 15.1. The smallest absolute Gasteiger partial charge is 0.254 e. The van der Waals surface area contributed by atoms with Crippen molar-refractivity contribution in [2.75, 3.05) is 39.5 Å². The summed E-state index contributed by atoms with van der Waals surface area (Å²) < 4.78 is 28.0. The highest BCUT2D eigenvalue weighted by Crippen LogP contribution is 2.29. The summed E-state index contributed by atoms with van der Waals surface area (Å²) in [7, 11) is 0. The molecule has 0 spiro atoms. The lowest BCUT2D eigenvalue weighted by atomic mass is 9.85. The third-order valence-electron chi connectivity index (χ3n) is 11.7. The molecule has 0 radical (unpaired) electrons. The van der Waals surface area contributed by atoms with Gasteiger partial charge in [-0.15, -0.1) is 11.3 Å². The minimum Gasteiger partial charge on any atom is -0.391 e. The van der Waals surface area contributed by atoms with Gasteiger partial charge in [0.15, 0.2) is 0 Å². The lowest BCUT2D eigenvalue weighted by molar-refractivity contribution is -0.144. The quantitative estimate of drug-likeness (QED) is 0.0830. The molecule has 0 aliphatic carbocycles. The Morgan fingerprint density at radius 3 is 2.43 bits per heavy atom. The van der Waals surface area contributed by atoms with E-state index in [1.54, 1.807) is 60.6 Å². The Labute approximate surface area is 401 Å². The second-order valence-corrected chi connectivity index (χ2v) is 18.7. The summed E-state index contributed by atoms with van der Waals surface area (Å²) in [6.07, 6.45) is 4.68. The Bertz CT molecular complexity index is 2970. The van der Waals surface area contributed by atoms with E-state index in [0.717, 1.165) is 43.9 Å². The van der Waals surface area contributed by atoms with Crippen LogP contribution in [0.1, 0.15) is 60.1 Å². The first-order valence-electron chi connectivity index (χ1n) is 22.5. The molecule has 5 heterocycles. The molecular formula is C50H53FN10O7S. The number of nitrogens with zero attached hydrogens (tertiary/aromatic N) is 7. The van der Waals surface area contributed by atoms with E-state index in [4.69, 9.17) is 9.47 Å². The van der Waals surface area contributed by atoms with Gasteiger partial charge in [-0.25, -0.2) is 23.9 Å². The van der Waals surface area contributed by atoms with Gasteiger partial charge < -0.3 is 35.4 Å². The number of β-amino-alcohol motifs (C(OH)–C–C–N with tert-alkyl or cyclic N) is 1. The fourth-order valence-electron chi connectivity index (χ4n) is 8.07. The van der Waals surface area contributed by atoms with E-state index >= 15 is 4.39 Å². The molecule has 1 fully saturated rings. The van der Waals surface area contributed by atoms with Gasteiger partial charge in [-0.1, -0.05) is 63.2 Å². The molecule has 4 amide bonds. The number of hydrogen-bond acceptors (Lipinski definition) is 13. The second kappa shape index (κ2) is 21.5. The van der Waals surface area contributed by atoms with Crippen LogP contribution in [0, 0.1) is 18.2 Å². The fourth-order valence-corrected chi connectivity index (χ4v) is 8.89. The van der Waals surface area contributed by atoms with Gasteiger partial charge in [-0.3, -0.25) is 24.2 Å². The Hall–Kier alpha value is -7.06. The van der Waals surface area contributed by atoms with Crippen molar-refractivity contribution in [3.63, 3.8) is 0 Å². The predicted molar refractivity (Wildman–Crippen MR) is 256 cm³/mol. The van der Waals surface area contributed by atoms with E-state index in [1.807, 2.05) is 55.5 Å². The maximum Gasteiger partial charge on any atom is 0.254 e. The number of fused-ring (bicyclic) bond motifs is 2. The molecule has 1 aliphatic rings. The van der Waals surface area contributed by atoms with E-state index in [0.29, 0.717) is 23.5 Å². The van der Waals surface area contributed by atoms with Crippen molar-refractivity contribution in [3.8, 4) is 21.7 Å². The van der Waals surface area contributed by atoms with Crippen LogP contribution < -0.4 is 16.0 Å². The van der Waals surface area contributed by atoms with E-state index in [-0.39, 0.29) is 58.0 Å². The van der Waals surface area contributed by atoms with Crippen LogP contribution in [-0.4, -0.2) is 121 Å². The van der Waals surface area contributed by atoms with E-state index in [1.165, 1.54) is 23.2 Å². The minimum absolute atomic E-state index is 0.0379. The molecule has 1 aliphatic heterocycles. The number of likely N-dealkylation sites (tertiary alicyclic amines) is 1. The number of aliphatic hydroxyl groups excluding tert-OH is 1. The van der Waals surface area contributed by atoms with Crippen molar-refractivity contribution in [3.05, 3.63) is 131 Å². The summed E-state index contributed by atoms with van der Waals surface area (Å²) in [5.41, 5.74) is 7.34. The van der Waals surface area contributed by atoms with Crippen molar-refractivity contribution in [2.24, 2.45) is 5.41 Å². The van der Waals surface area contributed by atoms with Crippen LogP contribution in [0.5, 0.6) is 0 Å². The van der Waals surface area contributed by atoms with Crippen LogP contribution in [-0.2, 0) is 36.8 Å². The number of thiazole rings is 1. The number of halogens is 1. The highest BCUT2D eigenvalue weighted by atomic mass is 32.1. The molecule has 8 rings (SSSR count). The topological polar surface area (TPSA) is 215 Å². The van der Waals surface area contributed by atoms with Gasteiger partial charge in [-0.05, 0) is 59.4 Å². The number of pyridine rings is 1. The number of imidazole rings is 1. The van der Waals surface area contributed by atoms with Crippen LogP contribution in [0.3, 0.4) is 0 Å². The molecule has 3 aromatic carbocycles. The molecule has 4 N–H and O–H groups in total. The predicted octanol–water partition coefficient (Wildman–Crippen LogP) is 5.07. The third kappa shape index (κ3) is 11.8. The summed E-state index contributed by atoms with van der Waals surface area (Å²) >= 11 is 1.56. The summed E-state index contributed by atoms with van der Waals surface area (Å²) in [5, 5.41) is 24.6. The zero-order valence-electron chi connectivity index (χ0n) is 38.6. The minimum atomic E-state index is -1.02. The van der Waals surface area contributed by atoms with Crippen LogP contribution in [0.25, 0.3) is 38.4 Å². The molecule has 0 saturated carbocycles. The molecule has 3 atom stereocenters. The number of nitrogens with one attached hydrogen (secondary N) is 3. The van der Waals surface area contributed by atoms with Crippen LogP contribution >= 0.6 is 11.3 Å². The molecule has 4 aromatic heterocycles. The third-order valence-corrected chi connectivity index (χ3v) is 12.7. The highest BCUT2D eigenvalue weighted by molar-refractivity contribution is 7.13. The largest absolute Gasteiger partial charge is 0.391 e. The van der Waals surface area contributed by atoms with Crippen molar-refractivity contribution in [1.82, 2.24) is 50.4 Å². The fraction of sp³-hybridized carbons (Fsp3) is 0.340. The van der Waals surface area contributed by atoms with E-state index in [9.17, 15) is 24.3 Å². The normalized spacial score (nSPS) is 15.4. The Balaban J connectivity index is 0.752. The molecule has 1 saturated heterocycles. The molecule has 0 bridgehead atoms. The average molecular weight is 957 g/mol. The van der Waals surface area contributed by atoms with Crippen molar-refractivity contribution >= 4 is 51.6 Å². The first-order chi connectivity index (χ1) is 33.2. The summed E-state index contributed by atoms with van der Waals surface area (Å²) in [4.78, 5) is 73.2. The van der Waals surface area contributed by atoms with Gasteiger partial charge in [0.05, 0.1) is 71.2 Å². The van der Waals surface area contributed by atoms with E-state index < -0.39 is 53.0 Å². The summed E-state index contributed by atoms with van der Waals surface area (Å²) in [5.74, 6) is -2.38.